The molecule has 0 radical (unpaired) electrons. The second-order valence-corrected chi connectivity index (χ2v) is 7.15. The molecule has 1 aromatic heterocycles. The second-order valence-electron chi connectivity index (χ2n) is 7.15. The van der Waals surface area contributed by atoms with Gasteiger partial charge in [-0.25, -0.2) is 9.37 Å². The molecule has 3 aromatic rings. The molecule has 8 heteroatoms. The lowest BCUT2D eigenvalue weighted by Crippen LogP contribution is -2.28. The van der Waals surface area contributed by atoms with Crippen LogP contribution in [0.3, 0.4) is 0 Å². The molecular weight excluding hydrogens is 387 g/mol. The molecular formula is C22H21FN4O3. The molecule has 1 aliphatic rings. The molecule has 1 saturated heterocycles. The van der Waals surface area contributed by atoms with E-state index in [2.05, 4.69) is 10.3 Å². The average Bonchev–Trinajstić information content (AvgIpc) is 3.32. The fraction of sp³-hybridized carbons (Fsp3) is 0.227. The molecule has 0 spiro atoms. The minimum atomic E-state index is -0.490. The smallest absolute Gasteiger partial charge is 0.230 e. The number of amides is 2. The number of hydrogen-bond acceptors (Lipinski definition) is 4. The van der Waals surface area contributed by atoms with Gasteiger partial charge in [0.25, 0.3) is 0 Å². The number of halogens is 1. The molecule has 4 rings (SSSR count). The molecule has 0 saturated carbocycles. The number of aromatic nitrogens is 2. The fourth-order valence-corrected chi connectivity index (χ4v) is 3.51. The second kappa shape index (κ2) is 7.98. The first-order valence-electron chi connectivity index (χ1n) is 9.49. The van der Waals surface area contributed by atoms with Crippen LogP contribution in [0.25, 0.3) is 11.3 Å². The lowest BCUT2D eigenvalue weighted by atomic mass is 10.1. The van der Waals surface area contributed by atoms with E-state index < -0.39 is 5.92 Å². The normalized spacial score (nSPS) is 16.0. The first kappa shape index (κ1) is 19.6. The average molecular weight is 408 g/mol. The van der Waals surface area contributed by atoms with Crippen molar-refractivity contribution in [3.8, 4) is 17.0 Å². The third-order valence-electron chi connectivity index (χ3n) is 5.18. The van der Waals surface area contributed by atoms with Crippen molar-refractivity contribution in [1.29, 1.82) is 0 Å². The monoisotopic (exact) mass is 408 g/mol. The molecule has 1 aliphatic heterocycles. The number of nitrogens with one attached hydrogen (secondary N) is 1. The van der Waals surface area contributed by atoms with E-state index in [-0.39, 0.29) is 24.1 Å². The lowest BCUT2D eigenvalue weighted by molar-refractivity contribution is -0.122. The zero-order chi connectivity index (χ0) is 21.3. The van der Waals surface area contributed by atoms with Crippen LogP contribution in [0.15, 0.2) is 54.9 Å². The Bertz CT molecular complexity index is 1080. The van der Waals surface area contributed by atoms with Gasteiger partial charge in [-0.2, -0.15) is 0 Å². The maximum absolute atomic E-state index is 13.2. The minimum absolute atomic E-state index is 0.107. The van der Waals surface area contributed by atoms with E-state index in [1.807, 2.05) is 0 Å². The Balaban J connectivity index is 1.50. The summed E-state index contributed by atoms with van der Waals surface area (Å²) in [6, 6.07) is 13.1. The number of carbonyl (C=O) groups is 2. The van der Waals surface area contributed by atoms with E-state index in [9.17, 15) is 14.0 Å². The highest BCUT2D eigenvalue weighted by molar-refractivity contribution is 6.04. The standard InChI is InChI=1S/C22H21FN4O3/c1-26-13-24-20(14-3-5-16(23)6-4-14)21(26)25-22(29)15-11-19(28)27(12-15)17-7-9-18(30-2)10-8-17/h3-10,13,15H,11-12H2,1-2H3,(H,25,29). The highest BCUT2D eigenvalue weighted by Crippen LogP contribution is 2.30. The fourth-order valence-electron chi connectivity index (χ4n) is 3.51. The summed E-state index contributed by atoms with van der Waals surface area (Å²) in [6.07, 6.45) is 1.71. The van der Waals surface area contributed by atoms with Crippen molar-refractivity contribution in [1.82, 2.24) is 9.55 Å². The van der Waals surface area contributed by atoms with Crippen molar-refractivity contribution in [2.45, 2.75) is 6.42 Å². The number of benzene rings is 2. The molecule has 30 heavy (non-hydrogen) atoms. The van der Waals surface area contributed by atoms with Gasteiger partial charge in [-0.15, -0.1) is 0 Å². The summed E-state index contributed by atoms with van der Waals surface area (Å²) >= 11 is 0. The largest absolute Gasteiger partial charge is 0.497 e. The van der Waals surface area contributed by atoms with Crippen molar-refractivity contribution in [2.24, 2.45) is 13.0 Å². The summed E-state index contributed by atoms with van der Waals surface area (Å²) < 4.78 is 20.1. The van der Waals surface area contributed by atoms with Gasteiger partial charge in [0.1, 0.15) is 23.1 Å². The summed E-state index contributed by atoms with van der Waals surface area (Å²) in [7, 11) is 3.34. The number of nitrogens with zero attached hydrogens (tertiary/aromatic N) is 3. The van der Waals surface area contributed by atoms with E-state index in [1.165, 1.54) is 12.1 Å². The van der Waals surface area contributed by atoms with Crippen LogP contribution in [0.5, 0.6) is 5.75 Å². The van der Waals surface area contributed by atoms with Crippen LogP contribution in [-0.2, 0) is 16.6 Å². The Hall–Kier alpha value is -3.68. The molecule has 0 bridgehead atoms. The van der Waals surface area contributed by atoms with Crippen molar-refractivity contribution in [3.63, 3.8) is 0 Å². The van der Waals surface area contributed by atoms with Crippen molar-refractivity contribution < 1.29 is 18.7 Å². The third kappa shape index (κ3) is 3.76. The minimum Gasteiger partial charge on any atom is -0.497 e. The third-order valence-corrected chi connectivity index (χ3v) is 5.18. The summed E-state index contributed by atoms with van der Waals surface area (Å²) in [6.45, 7) is 0.292. The molecule has 1 unspecified atom stereocenters. The van der Waals surface area contributed by atoms with Gasteiger partial charge in [0, 0.05) is 31.3 Å². The SMILES string of the molecule is COc1ccc(N2CC(C(=O)Nc3c(-c4ccc(F)cc4)ncn3C)CC2=O)cc1. The summed E-state index contributed by atoms with van der Waals surface area (Å²) in [5.74, 6) is 0.000468. The maximum Gasteiger partial charge on any atom is 0.230 e. The molecule has 0 aliphatic carbocycles. The highest BCUT2D eigenvalue weighted by Gasteiger charge is 2.35. The van der Waals surface area contributed by atoms with Crippen LogP contribution < -0.4 is 15.0 Å². The number of methoxy groups -OCH3 is 1. The van der Waals surface area contributed by atoms with Crippen LogP contribution in [0, 0.1) is 11.7 Å². The first-order chi connectivity index (χ1) is 14.5. The van der Waals surface area contributed by atoms with Gasteiger partial charge < -0.3 is 19.5 Å². The van der Waals surface area contributed by atoms with E-state index in [0.717, 1.165) is 5.69 Å². The quantitative estimate of drug-likeness (QED) is 0.703. The van der Waals surface area contributed by atoms with Crippen LogP contribution in [0.1, 0.15) is 6.42 Å². The van der Waals surface area contributed by atoms with E-state index in [4.69, 9.17) is 4.74 Å². The maximum atomic E-state index is 13.2. The summed E-state index contributed by atoms with van der Waals surface area (Å²) in [5.41, 5.74) is 1.96. The molecule has 7 nitrogen and oxygen atoms in total. The number of aryl methyl sites for hydroxylation is 1. The first-order valence-corrected chi connectivity index (χ1v) is 9.49. The Kier molecular flexibility index (Phi) is 5.22. The molecule has 1 atom stereocenters. The Labute approximate surface area is 173 Å². The van der Waals surface area contributed by atoms with Crippen LogP contribution in [-0.4, -0.2) is 35.0 Å². The zero-order valence-corrected chi connectivity index (χ0v) is 16.6. The molecule has 154 valence electrons. The number of imidazole rings is 1. The molecule has 1 fully saturated rings. The molecule has 2 aromatic carbocycles. The van der Waals surface area contributed by atoms with Gasteiger partial charge in [0.05, 0.1) is 19.4 Å². The van der Waals surface area contributed by atoms with E-state index in [0.29, 0.717) is 29.4 Å². The summed E-state index contributed by atoms with van der Waals surface area (Å²) in [5, 5.41) is 2.89. The number of rotatable bonds is 5. The topological polar surface area (TPSA) is 76.5 Å². The van der Waals surface area contributed by atoms with Gasteiger partial charge in [-0.1, -0.05) is 0 Å². The van der Waals surface area contributed by atoms with Crippen LogP contribution in [0.4, 0.5) is 15.9 Å². The van der Waals surface area contributed by atoms with Gasteiger partial charge in [-0.3, -0.25) is 9.59 Å². The van der Waals surface area contributed by atoms with E-state index in [1.54, 1.807) is 66.4 Å². The van der Waals surface area contributed by atoms with Crippen LogP contribution >= 0.6 is 0 Å². The molecule has 2 heterocycles. The van der Waals surface area contributed by atoms with Gasteiger partial charge in [-0.05, 0) is 48.5 Å². The molecule has 2 amide bonds. The highest BCUT2D eigenvalue weighted by atomic mass is 19.1. The van der Waals surface area contributed by atoms with Crippen molar-refractivity contribution in [2.75, 3.05) is 23.9 Å². The zero-order valence-electron chi connectivity index (χ0n) is 16.6. The number of hydrogen-bond donors (Lipinski definition) is 1. The summed E-state index contributed by atoms with van der Waals surface area (Å²) in [4.78, 5) is 31.3. The molecule has 1 N–H and O–H groups in total. The van der Waals surface area contributed by atoms with Gasteiger partial charge in [0.2, 0.25) is 11.8 Å². The Morgan fingerprint density at radius 1 is 1.17 bits per heavy atom. The van der Waals surface area contributed by atoms with Crippen molar-refractivity contribution in [3.05, 3.63) is 60.7 Å². The van der Waals surface area contributed by atoms with Gasteiger partial charge in [0.15, 0.2) is 0 Å². The number of ether oxygens (including phenoxy) is 1. The Morgan fingerprint density at radius 2 is 1.87 bits per heavy atom. The lowest BCUT2D eigenvalue weighted by Gasteiger charge is -2.17. The van der Waals surface area contributed by atoms with Crippen molar-refractivity contribution >= 4 is 23.3 Å². The predicted octanol–water partition coefficient (Wildman–Crippen LogP) is 3.23. The number of anilines is 2. The van der Waals surface area contributed by atoms with E-state index >= 15 is 0 Å². The van der Waals surface area contributed by atoms with Crippen LogP contribution in [0.2, 0.25) is 0 Å². The Morgan fingerprint density at radius 3 is 2.53 bits per heavy atom. The van der Waals surface area contributed by atoms with Gasteiger partial charge >= 0.3 is 0 Å². The number of carbonyl (C=O) groups excluding carboxylic acids is 2. The predicted molar refractivity (Wildman–Crippen MR) is 111 cm³/mol.